The Kier molecular flexibility index (Phi) is 4.76. The van der Waals surface area contributed by atoms with Crippen LogP contribution in [0, 0.1) is 0 Å². The minimum atomic E-state index is 0.288. The highest BCUT2D eigenvalue weighted by Crippen LogP contribution is 2.32. The number of quaternary nitrogens is 1. The molecular formula is C16H28N+. The van der Waals surface area contributed by atoms with Crippen LogP contribution in [-0.2, 0) is 0 Å². The summed E-state index contributed by atoms with van der Waals surface area (Å²) in [6, 6.07) is 10.8. The number of unbranched alkanes of at least 4 members (excludes halogenated alkanes) is 2. The molecule has 0 fully saturated rings. The zero-order chi connectivity index (χ0) is 12.9. The van der Waals surface area contributed by atoms with Crippen molar-refractivity contribution < 1.29 is 0 Å². The van der Waals surface area contributed by atoms with Crippen molar-refractivity contribution in [3.63, 3.8) is 0 Å². The van der Waals surface area contributed by atoms with Gasteiger partial charge in [0, 0.05) is 6.42 Å². The highest BCUT2D eigenvalue weighted by atomic mass is 15.4. The van der Waals surface area contributed by atoms with E-state index in [1.54, 1.807) is 0 Å². The number of rotatable bonds is 6. The van der Waals surface area contributed by atoms with Gasteiger partial charge in [-0.3, -0.25) is 4.48 Å². The van der Waals surface area contributed by atoms with Gasteiger partial charge in [-0.05, 0) is 32.4 Å². The third-order valence-electron chi connectivity index (χ3n) is 4.31. The number of para-hydroxylation sites is 1. The van der Waals surface area contributed by atoms with Crippen LogP contribution in [0.2, 0.25) is 0 Å². The second-order valence-electron chi connectivity index (χ2n) is 6.06. The van der Waals surface area contributed by atoms with Crippen LogP contribution in [0.15, 0.2) is 30.3 Å². The van der Waals surface area contributed by atoms with Gasteiger partial charge in [0.15, 0.2) is 0 Å². The summed E-state index contributed by atoms with van der Waals surface area (Å²) in [5.41, 5.74) is 1.69. The molecule has 0 N–H and O–H groups in total. The first-order valence-electron chi connectivity index (χ1n) is 6.81. The number of hydrogen-bond donors (Lipinski definition) is 0. The van der Waals surface area contributed by atoms with Crippen molar-refractivity contribution in [2.75, 3.05) is 14.1 Å². The Balaban J connectivity index is 2.81. The molecular weight excluding hydrogens is 206 g/mol. The predicted molar refractivity (Wildman–Crippen MR) is 78.3 cm³/mol. The maximum Gasteiger partial charge on any atom is 0.132 e. The lowest BCUT2D eigenvalue weighted by molar-refractivity contribution is 0.179. The third kappa shape index (κ3) is 3.32. The van der Waals surface area contributed by atoms with Crippen molar-refractivity contribution in [2.24, 2.45) is 0 Å². The molecule has 0 amide bonds. The van der Waals surface area contributed by atoms with E-state index in [4.69, 9.17) is 0 Å². The Hall–Kier alpha value is -0.820. The van der Waals surface area contributed by atoms with E-state index in [1.807, 2.05) is 0 Å². The Morgan fingerprint density at radius 3 is 2.12 bits per heavy atom. The maximum atomic E-state index is 2.38. The average molecular weight is 234 g/mol. The van der Waals surface area contributed by atoms with Crippen molar-refractivity contribution in [3.8, 4) is 0 Å². The molecule has 0 aliphatic rings. The van der Waals surface area contributed by atoms with Gasteiger partial charge in [-0.1, -0.05) is 38.0 Å². The van der Waals surface area contributed by atoms with Gasteiger partial charge in [-0.2, -0.15) is 0 Å². The first-order valence-corrected chi connectivity index (χ1v) is 6.81. The van der Waals surface area contributed by atoms with Crippen LogP contribution in [0.4, 0.5) is 5.69 Å². The highest BCUT2D eigenvalue weighted by Gasteiger charge is 2.37. The topological polar surface area (TPSA) is 0 Å². The molecule has 1 nitrogen and oxygen atoms in total. The second-order valence-corrected chi connectivity index (χ2v) is 6.06. The molecule has 0 aromatic heterocycles. The maximum absolute atomic E-state index is 2.38. The minimum absolute atomic E-state index is 0.288. The second kappa shape index (κ2) is 5.68. The van der Waals surface area contributed by atoms with E-state index in [0.717, 1.165) is 4.48 Å². The standard InChI is InChI=1S/C16H28N/c1-6-7-11-14-16(2,3)17(4,5)15-12-9-8-10-13-15/h8-10,12-13H,6-7,11,14H2,1-5H3/q+1. The zero-order valence-electron chi connectivity index (χ0n) is 12.2. The van der Waals surface area contributed by atoms with Gasteiger partial charge in [-0.25, -0.2) is 0 Å². The molecule has 17 heavy (non-hydrogen) atoms. The Bertz CT molecular complexity index is 325. The molecule has 1 rings (SSSR count). The largest absolute Gasteiger partial charge is 0.292 e. The first kappa shape index (κ1) is 14.2. The average Bonchev–Trinajstić information content (AvgIpc) is 2.30. The number of hydrogen-bond acceptors (Lipinski definition) is 0. The van der Waals surface area contributed by atoms with Gasteiger partial charge in [0.2, 0.25) is 0 Å². The molecule has 0 aliphatic heterocycles. The molecule has 0 saturated heterocycles. The summed E-state index contributed by atoms with van der Waals surface area (Å²) in [7, 11) is 4.64. The Morgan fingerprint density at radius 2 is 1.59 bits per heavy atom. The molecule has 1 heteroatoms. The molecule has 0 saturated carbocycles. The van der Waals surface area contributed by atoms with Crippen molar-refractivity contribution in [1.82, 2.24) is 4.48 Å². The van der Waals surface area contributed by atoms with Gasteiger partial charge in [0.05, 0.1) is 19.6 Å². The Morgan fingerprint density at radius 1 is 1.00 bits per heavy atom. The van der Waals surface area contributed by atoms with E-state index in [2.05, 4.69) is 65.2 Å². The summed E-state index contributed by atoms with van der Waals surface area (Å²) >= 11 is 0. The lowest BCUT2D eigenvalue weighted by Crippen LogP contribution is -2.57. The lowest BCUT2D eigenvalue weighted by atomic mass is 9.92. The van der Waals surface area contributed by atoms with Gasteiger partial charge in [0.1, 0.15) is 5.69 Å². The molecule has 0 atom stereocenters. The summed E-state index contributed by atoms with van der Waals surface area (Å²) in [4.78, 5) is 0. The molecule has 0 bridgehead atoms. The molecule has 0 heterocycles. The van der Waals surface area contributed by atoms with Gasteiger partial charge < -0.3 is 0 Å². The molecule has 96 valence electrons. The van der Waals surface area contributed by atoms with E-state index in [9.17, 15) is 0 Å². The van der Waals surface area contributed by atoms with E-state index in [-0.39, 0.29) is 5.54 Å². The van der Waals surface area contributed by atoms with Crippen molar-refractivity contribution in [1.29, 1.82) is 0 Å². The summed E-state index contributed by atoms with van der Waals surface area (Å²) in [5, 5.41) is 0. The normalized spacial score (nSPS) is 12.8. The summed E-state index contributed by atoms with van der Waals surface area (Å²) in [6.45, 7) is 7.04. The van der Waals surface area contributed by atoms with Gasteiger partial charge in [-0.15, -0.1) is 0 Å². The first-order chi connectivity index (χ1) is 7.92. The lowest BCUT2D eigenvalue weighted by Gasteiger charge is -2.44. The van der Waals surface area contributed by atoms with E-state index >= 15 is 0 Å². The SMILES string of the molecule is CCCCCC(C)(C)[N+](C)(C)c1ccccc1. The van der Waals surface area contributed by atoms with Gasteiger partial charge >= 0.3 is 0 Å². The quantitative estimate of drug-likeness (QED) is 0.498. The highest BCUT2D eigenvalue weighted by molar-refractivity contribution is 5.43. The number of nitrogens with zero attached hydrogens (tertiary/aromatic N) is 1. The zero-order valence-corrected chi connectivity index (χ0v) is 12.2. The smallest absolute Gasteiger partial charge is 0.132 e. The fourth-order valence-electron chi connectivity index (χ4n) is 2.24. The molecule has 0 aliphatic carbocycles. The van der Waals surface area contributed by atoms with Crippen molar-refractivity contribution >= 4 is 5.69 Å². The summed E-state index contributed by atoms with van der Waals surface area (Å²) in [6.07, 6.45) is 5.26. The monoisotopic (exact) mass is 234 g/mol. The third-order valence-corrected chi connectivity index (χ3v) is 4.31. The fraction of sp³-hybridized carbons (Fsp3) is 0.625. The van der Waals surface area contributed by atoms with Crippen LogP contribution >= 0.6 is 0 Å². The van der Waals surface area contributed by atoms with Crippen LogP contribution in [0.25, 0.3) is 0 Å². The van der Waals surface area contributed by atoms with E-state index < -0.39 is 0 Å². The van der Waals surface area contributed by atoms with Crippen LogP contribution in [0.5, 0.6) is 0 Å². The Labute approximate surface area is 107 Å². The summed E-state index contributed by atoms with van der Waals surface area (Å²) in [5.74, 6) is 0. The molecule has 0 spiro atoms. The minimum Gasteiger partial charge on any atom is -0.292 e. The van der Waals surface area contributed by atoms with Crippen LogP contribution in [0.1, 0.15) is 46.5 Å². The predicted octanol–water partition coefficient (Wildman–Crippen LogP) is 4.61. The number of benzene rings is 1. The van der Waals surface area contributed by atoms with E-state index in [0.29, 0.717) is 0 Å². The molecule has 1 aromatic carbocycles. The molecule has 1 aromatic rings. The van der Waals surface area contributed by atoms with Crippen LogP contribution < -0.4 is 4.48 Å². The fourth-order valence-corrected chi connectivity index (χ4v) is 2.24. The van der Waals surface area contributed by atoms with E-state index in [1.165, 1.54) is 31.4 Å². The van der Waals surface area contributed by atoms with Gasteiger partial charge in [0.25, 0.3) is 0 Å². The summed E-state index contributed by atoms with van der Waals surface area (Å²) < 4.78 is 0.956. The van der Waals surface area contributed by atoms with Crippen LogP contribution in [0.3, 0.4) is 0 Å². The molecule has 0 unspecified atom stereocenters. The van der Waals surface area contributed by atoms with Crippen molar-refractivity contribution in [3.05, 3.63) is 30.3 Å². The van der Waals surface area contributed by atoms with Crippen LogP contribution in [-0.4, -0.2) is 19.6 Å². The van der Waals surface area contributed by atoms with Crippen molar-refractivity contribution in [2.45, 2.75) is 52.0 Å². The molecule has 0 radical (unpaired) electrons.